The van der Waals surface area contributed by atoms with Crippen molar-refractivity contribution in [1.82, 2.24) is 0 Å². The first-order chi connectivity index (χ1) is 8.57. The maximum absolute atomic E-state index is 10.9. The van der Waals surface area contributed by atoms with E-state index >= 15 is 0 Å². The average Bonchev–Trinajstić information content (AvgIpc) is 2.33. The minimum absolute atomic E-state index is 0.281. The van der Waals surface area contributed by atoms with E-state index in [-0.39, 0.29) is 11.3 Å². The zero-order valence-electron chi connectivity index (χ0n) is 9.79. The molecular formula is C11H13NO5S. The molecule has 0 spiro atoms. The second-order valence-corrected chi connectivity index (χ2v) is 4.55. The van der Waals surface area contributed by atoms with Gasteiger partial charge in [0.05, 0.1) is 9.82 Å². The van der Waals surface area contributed by atoms with E-state index in [4.69, 9.17) is 9.84 Å². The van der Waals surface area contributed by atoms with Crippen LogP contribution >= 0.6 is 11.8 Å². The van der Waals surface area contributed by atoms with Crippen molar-refractivity contribution >= 4 is 23.4 Å². The zero-order chi connectivity index (χ0) is 13.5. The predicted octanol–water partition coefficient (Wildman–Crippen LogP) is 2.42. The van der Waals surface area contributed by atoms with Crippen LogP contribution in [0.2, 0.25) is 0 Å². The Morgan fingerprint density at radius 1 is 1.56 bits per heavy atom. The summed E-state index contributed by atoms with van der Waals surface area (Å²) >= 11 is 1.26. The highest BCUT2D eigenvalue weighted by molar-refractivity contribution is 7.99. The summed E-state index contributed by atoms with van der Waals surface area (Å²) in [5, 5.41) is 19.9. The van der Waals surface area contributed by atoms with Gasteiger partial charge in [-0.3, -0.25) is 10.1 Å². The van der Waals surface area contributed by atoms with Crippen molar-refractivity contribution in [3.05, 3.63) is 33.9 Å². The number of hydrogen-bond donors (Lipinski definition) is 1. The Kier molecular flexibility index (Phi) is 5.60. The molecule has 18 heavy (non-hydrogen) atoms. The van der Waals surface area contributed by atoms with Gasteiger partial charge >= 0.3 is 5.97 Å². The highest BCUT2D eigenvalue weighted by Gasteiger charge is 2.23. The molecule has 0 saturated carbocycles. The molecule has 0 unspecified atom stereocenters. The van der Waals surface area contributed by atoms with E-state index in [0.29, 0.717) is 17.3 Å². The number of carboxylic acid groups (broad SMARTS) is 1. The Balaban J connectivity index is 2.93. The molecular weight excluding hydrogens is 258 g/mol. The number of nitro benzene ring substituents is 1. The van der Waals surface area contributed by atoms with Gasteiger partial charge < -0.3 is 9.84 Å². The molecule has 0 radical (unpaired) electrons. The second kappa shape index (κ2) is 6.97. The van der Waals surface area contributed by atoms with Gasteiger partial charge in [-0.05, 0) is 18.6 Å². The second-order valence-electron chi connectivity index (χ2n) is 3.41. The number of para-hydroxylation sites is 1. The number of aromatic carboxylic acids is 1. The van der Waals surface area contributed by atoms with Crippen molar-refractivity contribution in [2.24, 2.45) is 0 Å². The summed E-state index contributed by atoms with van der Waals surface area (Å²) in [6, 6.07) is 4.30. The number of benzene rings is 1. The van der Waals surface area contributed by atoms with Crippen molar-refractivity contribution in [3.63, 3.8) is 0 Å². The molecule has 1 aromatic carbocycles. The number of carboxylic acids is 1. The minimum Gasteiger partial charge on any atom is -0.477 e. The molecule has 0 aliphatic heterocycles. The third-order valence-electron chi connectivity index (χ3n) is 2.16. The Hall–Kier alpha value is -1.60. The monoisotopic (exact) mass is 271 g/mol. The summed E-state index contributed by atoms with van der Waals surface area (Å²) < 4.78 is 4.88. The first-order valence-corrected chi connectivity index (χ1v) is 6.19. The Bertz CT molecular complexity index is 449. The summed E-state index contributed by atoms with van der Waals surface area (Å²) in [6.45, 7) is 0.569. The standard InChI is InChI=1S/C11H13NO5S/c1-17-6-3-7-18-9-5-2-4-8(11(13)14)10(9)12(15)16/h2,4-5H,3,6-7H2,1H3,(H,13,14). The lowest BCUT2D eigenvalue weighted by Crippen LogP contribution is -2.04. The quantitative estimate of drug-likeness (QED) is 0.354. The molecule has 0 heterocycles. The molecule has 0 aliphatic rings. The van der Waals surface area contributed by atoms with Crippen LogP contribution in [0.4, 0.5) is 5.69 Å². The lowest BCUT2D eigenvalue weighted by molar-refractivity contribution is -0.388. The summed E-state index contributed by atoms with van der Waals surface area (Å²) in [5.74, 6) is -0.654. The zero-order valence-corrected chi connectivity index (χ0v) is 10.6. The van der Waals surface area contributed by atoms with E-state index in [1.54, 1.807) is 13.2 Å². The summed E-state index contributed by atoms with van der Waals surface area (Å²) in [6.07, 6.45) is 0.746. The van der Waals surface area contributed by atoms with Gasteiger partial charge in [-0.2, -0.15) is 0 Å². The van der Waals surface area contributed by atoms with E-state index in [2.05, 4.69) is 0 Å². The summed E-state index contributed by atoms with van der Waals surface area (Å²) in [5.41, 5.74) is -0.621. The van der Waals surface area contributed by atoms with Gasteiger partial charge in [0.2, 0.25) is 0 Å². The van der Waals surface area contributed by atoms with Crippen LogP contribution in [-0.2, 0) is 4.74 Å². The maximum Gasteiger partial charge on any atom is 0.342 e. The number of methoxy groups -OCH3 is 1. The number of nitro groups is 1. The Morgan fingerprint density at radius 3 is 2.83 bits per heavy atom. The molecule has 1 N–H and O–H groups in total. The molecule has 0 aromatic heterocycles. The van der Waals surface area contributed by atoms with Gasteiger partial charge in [0.25, 0.3) is 5.69 Å². The minimum atomic E-state index is -1.29. The van der Waals surface area contributed by atoms with Crippen molar-refractivity contribution < 1.29 is 19.6 Å². The van der Waals surface area contributed by atoms with E-state index in [0.717, 1.165) is 6.42 Å². The topological polar surface area (TPSA) is 89.7 Å². The molecule has 6 nitrogen and oxygen atoms in total. The van der Waals surface area contributed by atoms with Gasteiger partial charge in [-0.15, -0.1) is 11.8 Å². The highest BCUT2D eigenvalue weighted by atomic mass is 32.2. The lowest BCUT2D eigenvalue weighted by Gasteiger charge is -2.05. The van der Waals surface area contributed by atoms with Crippen molar-refractivity contribution in [3.8, 4) is 0 Å². The van der Waals surface area contributed by atoms with E-state index in [1.165, 1.54) is 23.9 Å². The van der Waals surface area contributed by atoms with Crippen LogP contribution in [0.25, 0.3) is 0 Å². The van der Waals surface area contributed by atoms with Crippen LogP contribution in [0.3, 0.4) is 0 Å². The summed E-state index contributed by atoms with van der Waals surface area (Å²) in [7, 11) is 1.58. The lowest BCUT2D eigenvalue weighted by atomic mass is 10.2. The van der Waals surface area contributed by atoms with Gasteiger partial charge in [-0.1, -0.05) is 6.07 Å². The third-order valence-corrected chi connectivity index (χ3v) is 3.30. The van der Waals surface area contributed by atoms with E-state index < -0.39 is 10.9 Å². The number of hydrogen-bond acceptors (Lipinski definition) is 5. The SMILES string of the molecule is COCCCSc1cccc(C(=O)O)c1[N+](=O)[O-]. The van der Waals surface area contributed by atoms with Crippen molar-refractivity contribution in [1.29, 1.82) is 0 Å². The van der Waals surface area contributed by atoms with E-state index in [1.807, 2.05) is 0 Å². The van der Waals surface area contributed by atoms with Crippen LogP contribution in [0.1, 0.15) is 16.8 Å². The highest BCUT2D eigenvalue weighted by Crippen LogP contribution is 2.32. The number of carbonyl (C=O) groups is 1. The number of thioether (sulfide) groups is 1. The average molecular weight is 271 g/mol. The molecule has 0 aliphatic carbocycles. The molecule has 0 fully saturated rings. The molecule has 1 rings (SSSR count). The largest absolute Gasteiger partial charge is 0.477 e. The van der Waals surface area contributed by atoms with Crippen molar-refractivity contribution in [2.75, 3.05) is 19.5 Å². The predicted molar refractivity (Wildman–Crippen MR) is 67.3 cm³/mol. The van der Waals surface area contributed by atoms with Crippen LogP contribution in [0.5, 0.6) is 0 Å². The molecule has 1 aromatic rings. The normalized spacial score (nSPS) is 10.3. The number of nitrogens with zero attached hydrogens (tertiary/aromatic N) is 1. The van der Waals surface area contributed by atoms with Crippen molar-refractivity contribution in [2.45, 2.75) is 11.3 Å². The van der Waals surface area contributed by atoms with Gasteiger partial charge in [0.15, 0.2) is 0 Å². The number of rotatable bonds is 7. The maximum atomic E-state index is 10.9. The fourth-order valence-electron chi connectivity index (χ4n) is 1.39. The molecule has 98 valence electrons. The first kappa shape index (κ1) is 14.5. The van der Waals surface area contributed by atoms with Crippen LogP contribution in [-0.4, -0.2) is 35.5 Å². The van der Waals surface area contributed by atoms with Gasteiger partial charge in [-0.25, -0.2) is 4.79 Å². The summed E-state index contributed by atoms with van der Waals surface area (Å²) in [4.78, 5) is 21.6. The molecule has 0 bridgehead atoms. The molecule has 7 heteroatoms. The van der Waals surface area contributed by atoms with Crippen LogP contribution < -0.4 is 0 Å². The molecule has 0 atom stereocenters. The fourth-order valence-corrected chi connectivity index (χ4v) is 2.36. The fraction of sp³-hybridized carbons (Fsp3) is 0.364. The van der Waals surface area contributed by atoms with Crippen LogP contribution in [0, 0.1) is 10.1 Å². The van der Waals surface area contributed by atoms with Gasteiger partial charge in [0, 0.05) is 19.5 Å². The Morgan fingerprint density at radius 2 is 2.28 bits per heavy atom. The smallest absolute Gasteiger partial charge is 0.342 e. The molecule has 0 saturated heterocycles. The molecule has 0 amide bonds. The van der Waals surface area contributed by atoms with E-state index in [9.17, 15) is 14.9 Å². The Labute approximate surface area is 108 Å². The van der Waals surface area contributed by atoms with Crippen LogP contribution in [0.15, 0.2) is 23.1 Å². The first-order valence-electron chi connectivity index (χ1n) is 5.20. The number of ether oxygens (including phenoxy) is 1. The third kappa shape index (κ3) is 3.71. The van der Waals surface area contributed by atoms with Gasteiger partial charge in [0.1, 0.15) is 5.56 Å².